The van der Waals surface area contributed by atoms with E-state index in [0.717, 1.165) is 18.8 Å². The molecule has 1 aliphatic heterocycles. The van der Waals surface area contributed by atoms with Gasteiger partial charge in [0.05, 0.1) is 10.7 Å². The van der Waals surface area contributed by atoms with Crippen molar-refractivity contribution in [3.8, 4) is 0 Å². The zero-order chi connectivity index (χ0) is 14.0. The average Bonchev–Trinajstić information content (AvgIpc) is 2.75. The Hall–Kier alpha value is -1.06. The highest BCUT2D eigenvalue weighted by Gasteiger charge is 2.26. The summed E-state index contributed by atoms with van der Waals surface area (Å²) in [7, 11) is 4.19. The highest BCUT2D eigenvalue weighted by Crippen LogP contribution is 2.32. The van der Waals surface area contributed by atoms with Gasteiger partial charge >= 0.3 is 0 Å². The number of benzene rings is 1. The van der Waals surface area contributed by atoms with Gasteiger partial charge in [-0.2, -0.15) is 0 Å². The lowest BCUT2D eigenvalue weighted by Gasteiger charge is -2.29. The van der Waals surface area contributed by atoms with Crippen LogP contribution in [0.4, 0.5) is 5.69 Å². The maximum atomic E-state index is 11.4. The second-order valence-corrected chi connectivity index (χ2v) is 5.88. The average molecular weight is 281 g/mol. The fourth-order valence-electron chi connectivity index (χ4n) is 2.72. The van der Waals surface area contributed by atoms with E-state index in [-0.39, 0.29) is 5.78 Å². The number of Topliss-reactive ketones (excluding diaryl/α,β-unsaturated/α-hetero) is 1. The van der Waals surface area contributed by atoms with Crippen molar-refractivity contribution in [2.24, 2.45) is 0 Å². The van der Waals surface area contributed by atoms with Crippen LogP contribution in [0.1, 0.15) is 30.1 Å². The quantitative estimate of drug-likeness (QED) is 0.792. The lowest BCUT2D eigenvalue weighted by Crippen LogP contribution is -2.37. The fraction of sp³-hybridized carbons (Fsp3) is 0.533. The van der Waals surface area contributed by atoms with Crippen LogP contribution < -0.4 is 4.90 Å². The number of likely N-dealkylation sites (N-methyl/N-ethyl adjacent to an activating group) is 1. The van der Waals surface area contributed by atoms with Gasteiger partial charge < -0.3 is 9.80 Å². The van der Waals surface area contributed by atoms with Crippen molar-refractivity contribution < 1.29 is 4.79 Å². The summed E-state index contributed by atoms with van der Waals surface area (Å²) in [4.78, 5) is 15.9. The largest absolute Gasteiger partial charge is 0.366 e. The lowest BCUT2D eigenvalue weighted by atomic mass is 10.1. The van der Waals surface area contributed by atoms with Crippen LogP contribution in [-0.2, 0) is 0 Å². The van der Waals surface area contributed by atoms with E-state index in [0.29, 0.717) is 16.6 Å². The number of ketones is 1. The minimum Gasteiger partial charge on any atom is -0.366 e. The van der Waals surface area contributed by atoms with Crippen molar-refractivity contribution in [3.05, 3.63) is 28.8 Å². The summed E-state index contributed by atoms with van der Waals surface area (Å²) < 4.78 is 0. The number of carbonyl (C=O) groups excluding carboxylic acids is 1. The van der Waals surface area contributed by atoms with Gasteiger partial charge in [0.15, 0.2) is 5.78 Å². The van der Waals surface area contributed by atoms with E-state index in [9.17, 15) is 4.79 Å². The molecular formula is C15H21ClN2O. The Balaban J connectivity index is 2.23. The number of nitrogens with zero attached hydrogens (tertiary/aromatic N) is 2. The fourth-order valence-corrected chi connectivity index (χ4v) is 3.01. The van der Waals surface area contributed by atoms with Crippen LogP contribution in [0, 0.1) is 0 Å². The third-order valence-electron chi connectivity index (χ3n) is 3.62. The van der Waals surface area contributed by atoms with Gasteiger partial charge in [-0.1, -0.05) is 11.6 Å². The third-order valence-corrected chi connectivity index (χ3v) is 3.92. The molecule has 0 aliphatic carbocycles. The maximum Gasteiger partial charge on any atom is 0.159 e. The molecule has 0 aromatic heterocycles. The third kappa shape index (κ3) is 3.28. The Morgan fingerprint density at radius 1 is 1.47 bits per heavy atom. The summed E-state index contributed by atoms with van der Waals surface area (Å²) in [5.74, 6) is 0.0553. The van der Waals surface area contributed by atoms with Crippen LogP contribution in [0.5, 0.6) is 0 Å². The molecule has 104 valence electrons. The van der Waals surface area contributed by atoms with Crippen LogP contribution in [0.3, 0.4) is 0 Å². The van der Waals surface area contributed by atoms with Gasteiger partial charge in [-0.15, -0.1) is 0 Å². The Bertz CT molecular complexity index is 473. The second-order valence-electron chi connectivity index (χ2n) is 5.47. The van der Waals surface area contributed by atoms with Gasteiger partial charge in [0.25, 0.3) is 0 Å². The van der Waals surface area contributed by atoms with E-state index in [2.05, 4.69) is 23.9 Å². The van der Waals surface area contributed by atoms with E-state index >= 15 is 0 Å². The van der Waals surface area contributed by atoms with Gasteiger partial charge in [-0.25, -0.2) is 0 Å². The van der Waals surface area contributed by atoms with Crippen molar-refractivity contribution in [2.75, 3.05) is 32.1 Å². The number of rotatable bonds is 4. The molecule has 2 rings (SSSR count). The number of hydrogen-bond acceptors (Lipinski definition) is 3. The molecule has 1 unspecified atom stereocenters. The first-order valence-electron chi connectivity index (χ1n) is 6.71. The number of halogens is 1. The molecule has 1 fully saturated rings. The molecule has 0 saturated carbocycles. The topological polar surface area (TPSA) is 23.6 Å². The predicted molar refractivity (Wildman–Crippen MR) is 80.4 cm³/mol. The first-order chi connectivity index (χ1) is 8.99. The van der Waals surface area contributed by atoms with Crippen molar-refractivity contribution >= 4 is 23.1 Å². The highest BCUT2D eigenvalue weighted by molar-refractivity contribution is 6.33. The molecule has 0 spiro atoms. The normalized spacial score (nSPS) is 19.2. The minimum absolute atomic E-state index is 0.0553. The molecule has 1 aromatic carbocycles. The Morgan fingerprint density at radius 2 is 2.21 bits per heavy atom. The summed E-state index contributed by atoms with van der Waals surface area (Å²) in [6.45, 7) is 3.64. The summed E-state index contributed by atoms with van der Waals surface area (Å²) in [6, 6.07) is 6.14. The molecule has 0 radical (unpaired) electrons. The van der Waals surface area contributed by atoms with E-state index in [1.807, 2.05) is 12.1 Å². The van der Waals surface area contributed by atoms with E-state index in [1.54, 1.807) is 13.0 Å². The van der Waals surface area contributed by atoms with Gasteiger partial charge in [0, 0.05) is 24.7 Å². The number of hydrogen-bond donors (Lipinski definition) is 0. The summed E-state index contributed by atoms with van der Waals surface area (Å²) in [5, 5.41) is 0.679. The molecular weight excluding hydrogens is 260 g/mol. The molecule has 4 heteroatoms. The summed E-state index contributed by atoms with van der Waals surface area (Å²) in [6.07, 6.45) is 2.40. The first kappa shape index (κ1) is 14.4. The Morgan fingerprint density at radius 3 is 2.79 bits per heavy atom. The highest BCUT2D eigenvalue weighted by atomic mass is 35.5. The number of anilines is 1. The monoisotopic (exact) mass is 280 g/mol. The van der Waals surface area contributed by atoms with E-state index < -0.39 is 0 Å². The SMILES string of the molecule is CC(=O)c1ccc(N2CCCC2CN(C)C)c(Cl)c1. The maximum absolute atomic E-state index is 11.4. The second kappa shape index (κ2) is 5.93. The summed E-state index contributed by atoms with van der Waals surface area (Å²) in [5.41, 5.74) is 1.73. The first-order valence-corrected chi connectivity index (χ1v) is 7.08. The molecule has 0 N–H and O–H groups in total. The molecule has 1 aromatic rings. The standard InChI is InChI=1S/C15H21ClN2O/c1-11(19)12-6-7-15(14(16)9-12)18-8-4-5-13(18)10-17(2)3/h6-7,9,13H,4-5,8,10H2,1-3H3. The Labute approximate surface area is 120 Å². The van der Waals surface area contributed by atoms with Crippen LogP contribution in [0.2, 0.25) is 5.02 Å². The zero-order valence-corrected chi connectivity index (χ0v) is 12.6. The van der Waals surface area contributed by atoms with Crippen LogP contribution in [0.15, 0.2) is 18.2 Å². The van der Waals surface area contributed by atoms with Crippen molar-refractivity contribution in [2.45, 2.75) is 25.8 Å². The molecule has 1 saturated heterocycles. The van der Waals surface area contributed by atoms with Crippen LogP contribution >= 0.6 is 11.6 Å². The summed E-state index contributed by atoms with van der Waals surface area (Å²) >= 11 is 6.35. The Kier molecular flexibility index (Phi) is 4.48. The molecule has 1 atom stereocenters. The molecule has 1 aliphatic rings. The lowest BCUT2D eigenvalue weighted by molar-refractivity contribution is 0.101. The van der Waals surface area contributed by atoms with Crippen LogP contribution in [0.25, 0.3) is 0 Å². The van der Waals surface area contributed by atoms with Gasteiger partial charge in [0.1, 0.15) is 0 Å². The molecule has 19 heavy (non-hydrogen) atoms. The molecule has 0 bridgehead atoms. The van der Waals surface area contributed by atoms with Gasteiger partial charge in [0.2, 0.25) is 0 Å². The zero-order valence-electron chi connectivity index (χ0n) is 11.8. The predicted octanol–water partition coefficient (Wildman–Crippen LogP) is 3.07. The molecule has 3 nitrogen and oxygen atoms in total. The van der Waals surface area contributed by atoms with Crippen molar-refractivity contribution in [1.82, 2.24) is 4.90 Å². The van der Waals surface area contributed by atoms with Crippen LogP contribution in [-0.4, -0.2) is 43.9 Å². The minimum atomic E-state index is 0.0553. The van der Waals surface area contributed by atoms with Crippen molar-refractivity contribution in [3.63, 3.8) is 0 Å². The number of carbonyl (C=O) groups is 1. The van der Waals surface area contributed by atoms with E-state index in [1.165, 1.54) is 12.8 Å². The van der Waals surface area contributed by atoms with E-state index in [4.69, 9.17) is 11.6 Å². The molecule has 1 heterocycles. The molecule has 0 amide bonds. The smallest absolute Gasteiger partial charge is 0.159 e. The van der Waals surface area contributed by atoms with Crippen molar-refractivity contribution in [1.29, 1.82) is 0 Å². The van der Waals surface area contributed by atoms with Gasteiger partial charge in [-0.05, 0) is 52.1 Å². The van der Waals surface area contributed by atoms with Gasteiger partial charge in [-0.3, -0.25) is 4.79 Å².